The lowest BCUT2D eigenvalue weighted by molar-refractivity contribution is -0.149. The fourth-order valence-corrected chi connectivity index (χ4v) is 0.629. The Hall–Kier alpha value is -0.570. The SMILES string of the molecule is CO[C@H](C)CC(=O)OC(C)C. The molecule has 0 spiro atoms. The second-order valence-corrected chi connectivity index (χ2v) is 2.79. The van der Waals surface area contributed by atoms with Gasteiger partial charge >= 0.3 is 5.97 Å². The summed E-state index contributed by atoms with van der Waals surface area (Å²) in [4.78, 5) is 10.9. The summed E-state index contributed by atoms with van der Waals surface area (Å²) in [6.07, 6.45) is 0.238. The van der Waals surface area contributed by atoms with Crippen LogP contribution in [-0.4, -0.2) is 25.3 Å². The number of carbonyl (C=O) groups excluding carboxylic acids is 1. The summed E-state index contributed by atoms with van der Waals surface area (Å²) < 4.78 is 9.81. The maximum Gasteiger partial charge on any atom is 0.308 e. The quantitative estimate of drug-likeness (QED) is 0.582. The van der Waals surface area contributed by atoms with Crippen molar-refractivity contribution in [3.8, 4) is 0 Å². The minimum atomic E-state index is -0.200. The van der Waals surface area contributed by atoms with Crippen LogP contribution >= 0.6 is 0 Å². The number of carbonyl (C=O) groups is 1. The van der Waals surface area contributed by atoms with E-state index < -0.39 is 0 Å². The van der Waals surface area contributed by atoms with E-state index >= 15 is 0 Å². The van der Waals surface area contributed by atoms with Gasteiger partial charge in [0.25, 0.3) is 0 Å². The van der Waals surface area contributed by atoms with Gasteiger partial charge in [0.15, 0.2) is 0 Å². The molecule has 0 bridgehead atoms. The number of rotatable bonds is 4. The summed E-state index contributed by atoms with van der Waals surface area (Å²) in [6.45, 7) is 5.49. The summed E-state index contributed by atoms with van der Waals surface area (Å²) in [7, 11) is 1.58. The van der Waals surface area contributed by atoms with Gasteiger partial charge in [-0.05, 0) is 20.8 Å². The first-order valence-corrected chi connectivity index (χ1v) is 3.78. The van der Waals surface area contributed by atoms with Gasteiger partial charge in [-0.15, -0.1) is 0 Å². The molecule has 0 heterocycles. The van der Waals surface area contributed by atoms with Gasteiger partial charge in [0.1, 0.15) is 0 Å². The second-order valence-electron chi connectivity index (χ2n) is 2.79. The summed E-state index contributed by atoms with van der Waals surface area (Å²) >= 11 is 0. The highest BCUT2D eigenvalue weighted by Gasteiger charge is 2.09. The van der Waals surface area contributed by atoms with E-state index in [1.54, 1.807) is 7.11 Å². The zero-order chi connectivity index (χ0) is 8.85. The summed E-state index contributed by atoms with van der Waals surface area (Å²) in [5.41, 5.74) is 0. The maximum atomic E-state index is 10.9. The molecule has 11 heavy (non-hydrogen) atoms. The Morgan fingerprint density at radius 1 is 1.36 bits per heavy atom. The fourth-order valence-electron chi connectivity index (χ4n) is 0.629. The maximum absolute atomic E-state index is 10.9. The van der Waals surface area contributed by atoms with Crippen LogP contribution in [0.25, 0.3) is 0 Å². The monoisotopic (exact) mass is 160 g/mol. The third-order valence-corrected chi connectivity index (χ3v) is 1.22. The van der Waals surface area contributed by atoms with Crippen molar-refractivity contribution in [1.82, 2.24) is 0 Å². The average Bonchev–Trinajstić information content (AvgIpc) is 1.85. The van der Waals surface area contributed by atoms with Crippen LogP contribution in [0.4, 0.5) is 0 Å². The Kier molecular flexibility index (Phi) is 4.86. The van der Waals surface area contributed by atoms with Gasteiger partial charge in [-0.2, -0.15) is 0 Å². The third kappa shape index (κ3) is 5.85. The summed E-state index contributed by atoms with van der Waals surface area (Å²) in [6, 6.07) is 0. The van der Waals surface area contributed by atoms with Gasteiger partial charge in [0.05, 0.1) is 18.6 Å². The molecule has 0 aliphatic heterocycles. The van der Waals surface area contributed by atoms with Crippen molar-refractivity contribution in [3.05, 3.63) is 0 Å². The van der Waals surface area contributed by atoms with Gasteiger partial charge in [0.2, 0.25) is 0 Å². The van der Waals surface area contributed by atoms with Gasteiger partial charge in [-0.25, -0.2) is 0 Å². The highest BCUT2D eigenvalue weighted by Crippen LogP contribution is 1.99. The molecule has 0 unspecified atom stereocenters. The first-order chi connectivity index (χ1) is 5.06. The van der Waals surface area contributed by atoms with Crippen LogP contribution in [0.1, 0.15) is 27.2 Å². The van der Waals surface area contributed by atoms with Gasteiger partial charge < -0.3 is 9.47 Å². The van der Waals surface area contributed by atoms with Crippen molar-refractivity contribution >= 4 is 5.97 Å². The molecule has 0 saturated heterocycles. The first kappa shape index (κ1) is 10.4. The Bertz CT molecular complexity index is 121. The van der Waals surface area contributed by atoms with Gasteiger partial charge in [-0.1, -0.05) is 0 Å². The van der Waals surface area contributed by atoms with Crippen molar-refractivity contribution in [3.63, 3.8) is 0 Å². The van der Waals surface area contributed by atoms with Crippen molar-refractivity contribution in [1.29, 1.82) is 0 Å². The number of ether oxygens (including phenoxy) is 2. The van der Waals surface area contributed by atoms with Crippen LogP contribution in [0.5, 0.6) is 0 Å². The van der Waals surface area contributed by atoms with E-state index in [1.807, 2.05) is 20.8 Å². The van der Waals surface area contributed by atoms with E-state index in [4.69, 9.17) is 9.47 Å². The Morgan fingerprint density at radius 3 is 2.27 bits per heavy atom. The van der Waals surface area contributed by atoms with Crippen LogP contribution < -0.4 is 0 Å². The molecule has 0 N–H and O–H groups in total. The fraction of sp³-hybridized carbons (Fsp3) is 0.875. The molecular formula is C8H16O3. The lowest BCUT2D eigenvalue weighted by atomic mass is 10.3. The standard InChI is InChI=1S/C8H16O3/c1-6(2)11-8(9)5-7(3)10-4/h6-7H,5H2,1-4H3/t7-/m1/s1. The Labute approximate surface area is 67.7 Å². The zero-order valence-corrected chi connectivity index (χ0v) is 7.59. The van der Waals surface area contributed by atoms with E-state index in [9.17, 15) is 4.79 Å². The minimum Gasteiger partial charge on any atom is -0.463 e. The first-order valence-electron chi connectivity index (χ1n) is 3.78. The Balaban J connectivity index is 3.52. The third-order valence-electron chi connectivity index (χ3n) is 1.22. The van der Waals surface area contributed by atoms with Crippen molar-refractivity contribution in [2.45, 2.75) is 39.4 Å². The normalized spacial score (nSPS) is 13.2. The van der Waals surface area contributed by atoms with Gasteiger partial charge in [-0.3, -0.25) is 4.79 Å². The summed E-state index contributed by atoms with van der Waals surface area (Å²) in [5, 5.41) is 0. The number of hydrogen-bond acceptors (Lipinski definition) is 3. The van der Waals surface area contributed by atoms with Crippen LogP contribution in [-0.2, 0) is 14.3 Å². The number of methoxy groups -OCH3 is 1. The van der Waals surface area contributed by atoms with Crippen molar-refractivity contribution in [2.24, 2.45) is 0 Å². The molecule has 0 aliphatic rings. The van der Waals surface area contributed by atoms with E-state index in [0.29, 0.717) is 6.42 Å². The van der Waals surface area contributed by atoms with E-state index in [2.05, 4.69) is 0 Å². The van der Waals surface area contributed by atoms with E-state index in [-0.39, 0.29) is 18.2 Å². The molecule has 0 aliphatic carbocycles. The molecule has 0 saturated carbocycles. The molecule has 0 fully saturated rings. The molecule has 3 heteroatoms. The highest BCUT2D eigenvalue weighted by atomic mass is 16.5. The molecule has 0 radical (unpaired) electrons. The number of hydrogen-bond donors (Lipinski definition) is 0. The van der Waals surface area contributed by atoms with E-state index in [1.165, 1.54) is 0 Å². The van der Waals surface area contributed by atoms with Crippen LogP contribution in [0, 0.1) is 0 Å². The molecule has 3 nitrogen and oxygen atoms in total. The molecule has 1 atom stereocenters. The number of esters is 1. The largest absolute Gasteiger partial charge is 0.463 e. The van der Waals surface area contributed by atoms with Crippen LogP contribution in [0.3, 0.4) is 0 Å². The van der Waals surface area contributed by atoms with Crippen LogP contribution in [0.2, 0.25) is 0 Å². The lowest BCUT2D eigenvalue weighted by Gasteiger charge is -2.10. The van der Waals surface area contributed by atoms with Crippen molar-refractivity contribution < 1.29 is 14.3 Å². The average molecular weight is 160 g/mol. The molecular weight excluding hydrogens is 144 g/mol. The molecule has 0 rings (SSSR count). The molecule has 0 aromatic heterocycles. The van der Waals surface area contributed by atoms with Crippen LogP contribution in [0.15, 0.2) is 0 Å². The topological polar surface area (TPSA) is 35.5 Å². The predicted molar refractivity (Wildman–Crippen MR) is 42.3 cm³/mol. The zero-order valence-electron chi connectivity index (χ0n) is 7.59. The molecule has 0 aromatic carbocycles. The van der Waals surface area contributed by atoms with E-state index in [0.717, 1.165) is 0 Å². The molecule has 0 aromatic rings. The van der Waals surface area contributed by atoms with Gasteiger partial charge in [0, 0.05) is 7.11 Å². The minimum absolute atomic E-state index is 0.0356. The predicted octanol–water partition coefficient (Wildman–Crippen LogP) is 1.36. The molecule has 0 amide bonds. The molecule has 66 valence electrons. The highest BCUT2D eigenvalue weighted by molar-refractivity contribution is 5.70. The summed E-state index contributed by atoms with van der Waals surface area (Å²) in [5.74, 6) is -0.200. The second kappa shape index (κ2) is 5.13. The van der Waals surface area contributed by atoms with Crippen molar-refractivity contribution in [2.75, 3.05) is 7.11 Å². The Morgan fingerprint density at radius 2 is 1.91 bits per heavy atom. The smallest absolute Gasteiger partial charge is 0.308 e. The lowest BCUT2D eigenvalue weighted by Crippen LogP contribution is -2.17.